The van der Waals surface area contributed by atoms with Crippen molar-refractivity contribution in [3.8, 4) is 16.9 Å². The lowest BCUT2D eigenvalue weighted by Gasteiger charge is -2.23. The van der Waals surface area contributed by atoms with Crippen molar-refractivity contribution in [3.63, 3.8) is 0 Å². The molecule has 0 unspecified atom stereocenters. The number of anilines is 1. The zero-order valence-electron chi connectivity index (χ0n) is 25.3. The minimum atomic E-state index is -0.248. The van der Waals surface area contributed by atoms with E-state index in [0.29, 0.717) is 51.1 Å². The number of likely N-dealkylation sites (N-methyl/N-ethyl adjacent to an activating group) is 1. The van der Waals surface area contributed by atoms with E-state index in [9.17, 15) is 14.0 Å². The van der Waals surface area contributed by atoms with Crippen LogP contribution in [0.4, 0.5) is 10.1 Å². The molecule has 0 aliphatic heterocycles. The van der Waals surface area contributed by atoms with Gasteiger partial charge in [0.1, 0.15) is 24.5 Å². The van der Waals surface area contributed by atoms with Crippen LogP contribution in [0.2, 0.25) is 0 Å². The maximum atomic E-state index is 14.5. The summed E-state index contributed by atoms with van der Waals surface area (Å²) in [6.07, 6.45) is 2.53. The van der Waals surface area contributed by atoms with Gasteiger partial charge in [0.15, 0.2) is 0 Å². The summed E-state index contributed by atoms with van der Waals surface area (Å²) in [6.45, 7) is 12.2. The smallest absolute Gasteiger partial charge is 0.225 e. The van der Waals surface area contributed by atoms with Crippen LogP contribution in [0, 0.1) is 25.6 Å². The molecule has 0 aromatic heterocycles. The first-order valence-corrected chi connectivity index (χ1v) is 14.3. The van der Waals surface area contributed by atoms with Crippen molar-refractivity contribution < 1.29 is 23.8 Å². The summed E-state index contributed by atoms with van der Waals surface area (Å²) in [5.41, 5.74) is 6.97. The zero-order chi connectivity index (χ0) is 30.4. The van der Waals surface area contributed by atoms with E-state index in [1.54, 1.807) is 6.07 Å². The van der Waals surface area contributed by atoms with Gasteiger partial charge >= 0.3 is 0 Å². The predicted molar refractivity (Wildman–Crippen MR) is 165 cm³/mol. The van der Waals surface area contributed by atoms with Crippen LogP contribution in [0.5, 0.6) is 5.75 Å². The van der Waals surface area contributed by atoms with Gasteiger partial charge < -0.3 is 24.9 Å². The highest BCUT2D eigenvalue weighted by atomic mass is 19.1. The number of amides is 1. The van der Waals surface area contributed by atoms with Crippen molar-refractivity contribution in [2.75, 3.05) is 32.1 Å². The van der Waals surface area contributed by atoms with Crippen LogP contribution < -0.4 is 10.1 Å². The van der Waals surface area contributed by atoms with Gasteiger partial charge in [-0.2, -0.15) is 0 Å². The number of carbonyl (C=O) groups excluding carboxylic acids is 2. The number of nitrogens with one attached hydrogen (secondary N) is 1. The lowest BCUT2D eigenvalue weighted by molar-refractivity contribution is -0.134. The molecule has 3 aromatic rings. The van der Waals surface area contributed by atoms with Crippen LogP contribution in [-0.4, -0.2) is 49.0 Å². The largest absolute Gasteiger partial charge is 0.492 e. The number of benzene rings is 3. The van der Waals surface area contributed by atoms with Crippen LogP contribution in [0.25, 0.3) is 11.1 Å². The Labute approximate surface area is 244 Å². The van der Waals surface area contributed by atoms with Gasteiger partial charge in [-0.15, -0.1) is 0 Å². The molecule has 7 heteroatoms. The number of nitrogens with zero attached hydrogens (tertiary/aromatic N) is 1. The van der Waals surface area contributed by atoms with Gasteiger partial charge in [-0.1, -0.05) is 38.1 Å². The summed E-state index contributed by atoms with van der Waals surface area (Å²) >= 11 is 0. The first kappa shape index (κ1) is 33.5. The minimum Gasteiger partial charge on any atom is -0.492 e. The zero-order valence-corrected chi connectivity index (χ0v) is 25.3. The number of aliphatic hydroxyl groups is 1. The fourth-order valence-corrected chi connectivity index (χ4v) is 4.80. The maximum absolute atomic E-state index is 14.5. The number of hydrogen-bond acceptors (Lipinski definition) is 5. The van der Waals surface area contributed by atoms with E-state index in [0.717, 1.165) is 47.1 Å². The van der Waals surface area contributed by atoms with E-state index >= 15 is 0 Å². The van der Waals surface area contributed by atoms with Crippen molar-refractivity contribution in [3.05, 3.63) is 82.7 Å². The summed E-state index contributed by atoms with van der Waals surface area (Å²) in [5.74, 6) is 0.677. The summed E-state index contributed by atoms with van der Waals surface area (Å²) in [7, 11) is 1.00. The van der Waals surface area contributed by atoms with Gasteiger partial charge in [0.25, 0.3) is 0 Å². The molecule has 1 amide bonds. The second-order valence-electron chi connectivity index (χ2n) is 10.3. The monoisotopic (exact) mass is 564 g/mol. The summed E-state index contributed by atoms with van der Waals surface area (Å²) in [6, 6.07) is 17.6. The Balaban J connectivity index is 0.00000287. The number of hydrogen-bond donors (Lipinski definition) is 2. The Morgan fingerprint density at radius 2 is 1.78 bits per heavy atom. The molecule has 3 aromatic carbocycles. The van der Waals surface area contributed by atoms with Crippen LogP contribution >= 0.6 is 0 Å². The standard InChI is InChI=1S/C33H41FN2O3.CH4O/c1-6-36(33(38)23(2)3)15-17-39-30-18-24(4)32(25(5)19-30)28-12-9-10-26(20-28)22-35-29-14-13-27(31(34)21-29)11-7-8-16-37;1-2/h9-10,12-14,16,18-21,23,35H,6-8,11,15,17,22H2,1-5H3;2H,1H3. The number of unbranched alkanes of at least 4 members (excludes halogenated alkanes) is 1. The van der Waals surface area contributed by atoms with E-state index in [2.05, 4.69) is 37.4 Å². The third kappa shape index (κ3) is 10.0. The highest BCUT2D eigenvalue weighted by Gasteiger charge is 2.15. The number of aliphatic hydroxyl groups excluding tert-OH is 1. The lowest BCUT2D eigenvalue weighted by atomic mass is 9.94. The van der Waals surface area contributed by atoms with E-state index in [4.69, 9.17) is 9.84 Å². The molecular weight excluding hydrogens is 519 g/mol. The highest BCUT2D eigenvalue weighted by molar-refractivity contribution is 5.78. The fraction of sp³-hybridized carbons (Fsp3) is 0.412. The van der Waals surface area contributed by atoms with E-state index in [1.165, 1.54) is 11.6 Å². The second kappa shape index (κ2) is 17.2. The number of aryl methyl sites for hydroxylation is 3. The molecule has 6 nitrogen and oxygen atoms in total. The molecule has 0 fully saturated rings. The quantitative estimate of drug-likeness (QED) is 0.168. The molecule has 0 saturated heterocycles. The van der Waals surface area contributed by atoms with Gasteiger partial charge in [0.05, 0.1) is 6.54 Å². The maximum Gasteiger partial charge on any atom is 0.225 e. The molecule has 2 N–H and O–H groups in total. The van der Waals surface area contributed by atoms with Crippen LogP contribution in [0.15, 0.2) is 54.6 Å². The molecule has 0 heterocycles. The van der Waals surface area contributed by atoms with E-state index in [1.807, 2.05) is 49.9 Å². The first-order valence-electron chi connectivity index (χ1n) is 14.3. The number of halogens is 1. The van der Waals surface area contributed by atoms with Crippen molar-refractivity contribution in [2.45, 2.75) is 60.4 Å². The third-order valence-corrected chi connectivity index (χ3v) is 6.86. The molecule has 0 aliphatic carbocycles. The molecule has 0 atom stereocenters. The van der Waals surface area contributed by atoms with Crippen molar-refractivity contribution >= 4 is 17.9 Å². The van der Waals surface area contributed by atoms with Crippen molar-refractivity contribution in [1.82, 2.24) is 4.90 Å². The summed E-state index contributed by atoms with van der Waals surface area (Å²) in [5, 5.41) is 10.3. The van der Waals surface area contributed by atoms with E-state index in [-0.39, 0.29) is 17.6 Å². The number of aldehydes is 1. The molecular formula is C34H45FN2O4. The fourth-order valence-electron chi connectivity index (χ4n) is 4.80. The van der Waals surface area contributed by atoms with Gasteiger partial charge in [-0.3, -0.25) is 4.79 Å². The number of carbonyl (C=O) groups is 2. The lowest BCUT2D eigenvalue weighted by Crippen LogP contribution is -2.37. The van der Waals surface area contributed by atoms with Crippen LogP contribution in [0.3, 0.4) is 0 Å². The molecule has 0 saturated carbocycles. The van der Waals surface area contributed by atoms with Gasteiger partial charge in [-0.05, 0) is 97.3 Å². The molecule has 0 spiro atoms. The van der Waals surface area contributed by atoms with Gasteiger partial charge in [0.2, 0.25) is 5.91 Å². The van der Waals surface area contributed by atoms with Crippen LogP contribution in [-0.2, 0) is 22.6 Å². The Bertz CT molecular complexity index is 1250. The Hall–Kier alpha value is -3.71. The number of ether oxygens (including phenoxy) is 1. The normalized spacial score (nSPS) is 10.6. The molecule has 0 radical (unpaired) electrons. The highest BCUT2D eigenvalue weighted by Crippen LogP contribution is 2.32. The SMILES string of the molecule is CCN(CCOc1cc(C)c(-c2cccc(CNc3ccc(CCCC=O)c(F)c3)c2)c(C)c1)C(=O)C(C)C.CO. The Morgan fingerprint density at radius 3 is 2.39 bits per heavy atom. The molecule has 0 bridgehead atoms. The van der Waals surface area contributed by atoms with Gasteiger partial charge in [0, 0.05) is 38.2 Å². The molecule has 41 heavy (non-hydrogen) atoms. The molecule has 0 aliphatic rings. The molecule has 3 rings (SSSR count). The predicted octanol–water partition coefficient (Wildman–Crippen LogP) is 6.74. The third-order valence-electron chi connectivity index (χ3n) is 6.86. The minimum absolute atomic E-state index is 0.0219. The first-order chi connectivity index (χ1) is 19.7. The average Bonchev–Trinajstić information content (AvgIpc) is 2.96. The van der Waals surface area contributed by atoms with Crippen LogP contribution in [0.1, 0.15) is 55.9 Å². The van der Waals surface area contributed by atoms with Crippen molar-refractivity contribution in [1.29, 1.82) is 0 Å². The average molecular weight is 565 g/mol. The molecule has 222 valence electrons. The van der Waals surface area contributed by atoms with E-state index < -0.39 is 0 Å². The summed E-state index contributed by atoms with van der Waals surface area (Å²) < 4.78 is 20.5. The second-order valence-corrected chi connectivity index (χ2v) is 10.3. The Morgan fingerprint density at radius 1 is 1.07 bits per heavy atom. The number of rotatable bonds is 14. The van der Waals surface area contributed by atoms with Gasteiger partial charge in [-0.25, -0.2) is 4.39 Å². The van der Waals surface area contributed by atoms with Crippen molar-refractivity contribution in [2.24, 2.45) is 5.92 Å². The topological polar surface area (TPSA) is 78.9 Å². The summed E-state index contributed by atoms with van der Waals surface area (Å²) in [4.78, 5) is 24.6. The Kier molecular flexibility index (Phi) is 14.0.